The second-order valence-electron chi connectivity index (χ2n) is 6.10. The minimum Gasteiger partial charge on any atom is -0.358 e. The molecular formula is C19H16ClFN2OS. The second kappa shape index (κ2) is 6.39. The molecule has 1 amide bonds. The van der Waals surface area contributed by atoms with Crippen LogP contribution in [0.3, 0.4) is 0 Å². The lowest BCUT2D eigenvalue weighted by Gasteiger charge is -2.29. The number of thioether (sulfide) groups is 1. The highest BCUT2D eigenvalue weighted by Crippen LogP contribution is 2.37. The average molecular weight is 375 g/mol. The number of hydrogen-bond donors (Lipinski definition) is 1. The Labute approximate surface area is 154 Å². The molecule has 2 aromatic carbocycles. The fraction of sp³-hybridized carbons (Fsp3) is 0.211. The zero-order chi connectivity index (χ0) is 17.6. The number of hydrogen-bond acceptors (Lipinski definition) is 2. The van der Waals surface area contributed by atoms with Gasteiger partial charge < -0.3 is 9.88 Å². The van der Waals surface area contributed by atoms with Gasteiger partial charge in [-0.1, -0.05) is 11.6 Å². The Morgan fingerprint density at radius 3 is 3.00 bits per heavy atom. The fourth-order valence-electron chi connectivity index (χ4n) is 3.28. The van der Waals surface area contributed by atoms with E-state index < -0.39 is 0 Å². The number of aryl methyl sites for hydroxylation is 1. The summed E-state index contributed by atoms with van der Waals surface area (Å²) in [5, 5.41) is 1.38. The number of fused-ring (bicyclic) bond motifs is 2. The number of amides is 1. The van der Waals surface area contributed by atoms with Gasteiger partial charge in [0.05, 0.1) is 12.1 Å². The molecule has 3 nitrogen and oxygen atoms in total. The first-order valence-corrected chi connectivity index (χ1v) is 9.39. The van der Waals surface area contributed by atoms with Crippen molar-refractivity contribution in [2.75, 3.05) is 17.2 Å². The molecule has 1 aliphatic heterocycles. The van der Waals surface area contributed by atoms with Gasteiger partial charge in [0.1, 0.15) is 5.82 Å². The van der Waals surface area contributed by atoms with Gasteiger partial charge >= 0.3 is 0 Å². The van der Waals surface area contributed by atoms with Gasteiger partial charge in [-0.25, -0.2) is 4.39 Å². The SMILES string of the molecule is Cc1[nH]c2ccc(F)cc2c1CC(=O)N1CCSc2ccc(Cl)cc21. The fourth-order valence-corrected chi connectivity index (χ4v) is 4.42. The summed E-state index contributed by atoms with van der Waals surface area (Å²) < 4.78 is 13.6. The van der Waals surface area contributed by atoms with E-state index in [0.29, 0.717) is 11.6 Å². The van der Waals surface area contributed by atoms with E-state index in [0.717, 1.165) is 38.5 Å². The highest BCUT2D eigenvalue weighted by Gasteiger charge is 2.24. The van der Waals surface area contributed by atoms with E-state index in [1.807, 2.05) is 25.1 Å². The molecule has 0 atom stereocenters. The summed E-state index contributed by atoms with van der Waals surface area (Å²) in [6.45, 7) is 2.56. The van der Waals surface area contributed by atoms with Crippen molar-refractivity contribution >= 4 is 45.9 Å². The van der Waals surface area contributed by atoms with Crippen molar-refractivity contribution in [2.24, 2.45) is 0 Å². The van der Waals surface area contributed by atoms with Crippen LogP contribution in [-0.4, -0.2) is 23.2 Å². The number of benzene rings is 2. The smallest absolute Gasteiger partial charge is 0.231 e. The lowest BCUT2D eigenvalue weighted by atomic mass is 10.1. The van der Waals surface area contributed by atoms with Gasteiger partial charge in [0.2, 0.25) is 5.91 Å². The monoisotopic (exact) mass is 374 g/mol. The molecular weight excluding hydrogens is 359 g/mol. The van der Waals surface area contributed by atoms with Crippen molar-refractivity contribution in [3.63, 3.8) is 0 Å². The van der Waals surface area contributed by atoms with Crippen LogP contribution in [0, 0.1) is 12.7 Å². The molecule has 0 unspecified atom stereocenters. The summed E-state index contributed by atoms with van der Waals surface area (Å²) >= 11 is 7.84. The third-order valence-electron chi connectivity index (χ3n) is 4.49. The van der Waals surface area contributed by atoms with Gasteiger partial charge in [-0.05, 0) is 48.9 Å². The van der Waals surface area contributed by atoms with Gasteiger partial charge in [0.25, 0.3) is 0 Å². The van der Waals surface area contributed by atoms with E-state index in [4.69, 9.17) is 11.6 Å². The zero-order valence-corrected chi connectivity index (χ0v) is 15.2. The van der Waals surface area contributed by atoms with Crippen molar-refractivity contribution in [3.05, 3.63) is 58.5 Å². The van der Waals surface area contributed by atoms with Gasteiger partial charge in [-0.2, -0.15) is 0 Å². The maximum atomic E-state index is 13.6. The predicted molar refractivity (Wildman–Crippen MR) is 101 cm³/mol. The van der Waals surface area contributed by atoms with Crippen LogP contribution >= 0.6 is 23.4 Å². The quantitative estimate of drug-likeness (QED) is 0.688. The first-order chi connectivity index (χ1) is 12.0. The first-order valence-electron chi connectivity index (χ1n) is 8.02. The van der Waals surface area contributed by atoms with E-state index in [-0.39, 0.29) is 18.1 Å². The number of rotatable bonds is 2. The largest absolute Gasteiger partial charge is 0.358 e. The molecule has 0 saturated heterocycles. The molecule has 0 fully saturated rings. The molecule has 0 bridgehead atoms. The van der Waals surface area contributed by atoms with Crippen molar-refractivity contribution < 1.29 is 9.18 Å². The molecule has 0 aliphatic carbocycles. The summed E-state index contributed by atoms with van der Waals surface area (Å²) in [4.78, 5) is 19.1. The van der Waals surface area contributed by atoms with Crippen molar-refractivity contribution in [1.82, 2.24) is 4.98 Å². The van der Waals surface area contributed by atoms with Crippen molar-refractivity contribution in [1.29, 1.82) is 0 Å². The lowest BCUT2D eigenvalue weighted by molar-refractivity contribution is -0.118. The number of nitrogens with one attached hydrogen (secondary N) is 1. The van der Waals surface area contributed by atoms with Crippen LogP contribution in [0.15, 0.2) is 41.3 Å². The van der Waals surface area contributed by atoms with Crippen LogP contribution in [-0.2, 0) is 11.2 Å². The molecule has 1 aliphatic rings. The van der Waals surface area contributed by atoms with Gasteiger partial charge in [-0.15, -0.1) is 11.8 Å². The summed E-state index contributed by atoms with van der Waals surface area (Å²) in [5.41, 5.74) is 3.45. The van der Waals surface area contributed by atoms with E-state index in [2.05, 4.69) is 4.98 Å². The van der Waals surface area contributed by atoms with Gasteiger partial charge in [0.15, 0.2) is 0 Å². The Balaban J connectivity index is 1.69. The number of aromatic nitrogens is 1. The van der Waals surface area contributed by atoms with E-state index in [1.54, 1.807) is 22.7 Å². The van der Waals surface area contributed by atoms with Crippen LogP contribution in [0.1, 0.15) is 11.3 Å². The molecule has 0 radical (unpaired) electrons. The zero-order valence-electron chi connectivity index (χ0n) is 13.6. The third-order valence-corrected chi connectivity index (χ3v) is 5.77. The average Bonchev–Trinajstić information content (AvgIpc) is 2.89. The van der Waals surface area contributed by atoms with Crippen LogP contribution < -0.4 is 4.90 Å². The molecule has 2 heterocycles. The lowest BCUT2D eigenvalue weighted by Crippen LogP contribution is -2.36. The summed E-state index contributed by atoms with van der Waals surface area (Å²) in [7, 11) is 0. The number of halogens is 2. The summed E-state index contributed by atoms with van der Waals surface area (Å²) in [5.74, 6) is 0.547. The topological polar surface area (TPSA) is 36.1 Å². The molecule has 1 N–H and O–H groups in total. The number of carbonyl (C=O) groups is 1. The Morgan fingerprint density at radius 2 is 2.16 bits per heavy atom. The minimum atomic E-state index is -0.299. The molecule has 6 heteroatoms. The maximum Gasteiger partial charge on any atom is 0.231 e. The molecule has 4 rings (SSSR count). The molecule has 0 spiro atoms. The van der Waals surface area contributed by atoms with E-state index in [9.17, 15) is 9.18 Å². The molecule has 25 heavy (non-hydrogen) atoms. The standard InChI is InChI=1S/C19H16ClFN2OS/c1-11-14(15-9-13(21)3-4-16(15)22-11)10-19(24)23-6-7-25-18-5-2-12(20)8-17(18)23/h2-5,8-9,22H,6-7,10H2,1H3. The Kier molecular flexibility index (Phi) is 4.21. The van der Waals surface area contributed by atoms with Crippen LogP contribution in [0.2, 0.25) is 5.02 Å². The van der Waals surface area contributed by atoms with Crippen molar-refractivity contribution in [3.8, 4) is 0 Å². The van der Waals surface area contributed by atoms with E-state index >= 15 is 0 Å². The second-order valence-corrected chi connectivity index (χ2v) is 7.67. The van der Waals surface area contributed by atoms with Crippen LogP contribution in [0.25, 0.3) is 10.9 Å². The number of carbonyl (C=O) groups excluding carboxylic acids is 1. The maximum absolute atomic E-state index is 13.6. The Morgan fingerprint density at radius 1 is 1.32 bits per heavy atom. The third kappa shape index (κ3) is 3.02. The number of anilines is 1. The molecule has 0 saturated carbocycles. The molecule has 128 valence electrons. The van der Waals surface area contributed by atoms with Crippen LogP contribution in [0.5, 0.6) is 0 Å². The summed E-state index contributed by atoms with van der Waals surface area (Å²) in [6.07, 6.45) is 0.228. The number of H-pyrrole nitrogens is 1. The van der Waals surface area contributed by atoms with Crippen LogP contribution in [0.4, 0.5) is 10.1 Å². The molecule has 3 aromatic rings. The van der Waals surface area contributed by atoms with Gasteiger partial charge in [0, 0.05) is 38.8 Å². The Hall–Kier alpha value is -1.98. The highest BCUT2D eigenvalue weighted by molar-refractivity contribution is 7.99. The number of aromatic amines is 1. The van der Waals surface area contributed by atoms with Crippen molar-refractivity contribution in [2.45, 2.75) is 18.2 Å². The first kappa shape index (κ1) is 16.5. The molecule has 1 aromatic heterocycles. The van der Waals surface area contributed by atoms with Gasteiger partial charge in [-0.3, -0.25) is 4.79 Å². The number of nitrogens with zero attached hydrogens (tertiary/aromatic N) is 1. The predicted octanol–water partition coefficient (Wildman–Crippen LogP) is 4.95. The highest BCUT2D eigenvalue weighted by atomic mass is 35.5. The Bertz CT molecular complexity index is 985. The normalized spacial score (nSPS) is 14.0. The van der Waals surface area contributed by atoms with E-state index in [1.165, 1.54) is 12.1 Å². The minimum absolute atomic E-state index is 0.00271. The summed E-state index contributed by atoms with van der Waals surface area (Å²) in [6, 6.07) is 10.2.